The smallest absolute Gasteiger partial charge is 0.237 e. The molecule has 1 heterocycles. The summed E-state index contributed by atoms with van der Waals surface area (Å²) in [6.07, 6.45) is 1.69. The maximum absolute atomic E-state index is 12.4. The van der Waals surface area contributed by atoms with Crippen LogP contribution in [0.15, 0.2) is 18.2 Å². The summed E-state index contributed by atoms with van der Waals surface area (Å²) in [6.45, 7) is 5.34. The third-order valence-electron chi connectivity index (χ3n) is 4.29. The molecule has 2 unspecified atom stereocenters. The molecule has 1 aromatic rings. The van der Waals surface area contributed by atoms with Crippen LogP contribution in [-0.2, 0) is 9.53 Å². The molecule has 1 aromatic carbocycles. The standard InChI is InChI=1S/C17H26N2O3/c1-11-4-5-15(21-3)14(10-11)12(2)19-17(20)16(18)13-6-8-22-9-7-13/h4-5,10,12-13,16H,6-9,18H2,1-3H3,(H,19,20). The molecule has 5 nitrogen and oxygen atoms in total. The van der Waals surface area contributed by atoms with E-state index in [4.69, 9.17) is 15.2 Å². The summed E-state index contributed by atoms with van der Waals surface area (Å²) in [6, 6.07) is 5.32. The van der Waals surface area contributed by atoms with E-state index in [1.165, 1.54) is 0 Å². The van der Waals surface area contributed by atoms with E-state index in [0.29, 0.717) is 13.2 Å². The van der Waals surface area contributed by atoms with Gasteiger partial charge in [0.05, 0.1) is 19.2 Å². The highest BCUT2D eigenvalue weighted by atomic mass is 16.5. The topological polar surface area (TPSA) is 73.6 Å². The first kappa shape index (κ1) is 16.8. The van der Waals surface area contributed by atoms with Crippen molar-refractivity contribution in [1.82, 2.24) is 5.32 Å². The average Bonchev–Trinajstić information content (AvgIpc) is 2.54. The molecule has 3 N–H and O–H groups in total. The highest BCUT2D eigenvalue weighted by Crippen LogP contribution is 2.26. The fourth-order valence-electron chi connectivity index (χ4n) is 2.87. The summed E-state index contributed by atoms with van der Waals surface area (Å²) in [5, 5.41) is 3.01. The van der Waals surface area contributed by atoms with Gasteiger partial charge in [0.1, 0.15) is 5.75 Å². The molecule has 0 radical (unpaired) electrons. The third-order valence-corrected chi connectivity index (χ3v) is 4.29. The fraction of sp³-hybridized carbons (Fsp3) is 0.588. The number of hydrogen-bond donors (Lipinski definition) is 2. The fourth-order valence-corrected chi connectivity index (χ4v) is 2.87. The van der Waals surface area contributed by atoms with Crippen molar-refractivity contribution < 1.29 is 14.3 Å². The highest BCUT2D eigenvalue weighted by molar-refractivity contribution is 5.82. The number of hydrogen-bond acceptors (Lipinski definition) is 4. The molecule has 2 atom stereocenters. The van der Waals surface area contributed by atoms with Crippen molar-refractivity contribution in [2.75, 3.05) is 20.3 Å². The van der Waals surface area contributed by atoms with Crippen LogP contribution in [0.25, 0.3) is 0 Å². The zero-order valence-corrected chi connectivity index (χ0v) is 13.6. The molecule has 0 saturated carbocycles. The Balaban J connectivity index is 2.02. The Bertz CT molecular complexity index is 513. The van der Waals surface area contributed by atoms with E-state index < -0.39 is 6.04 Å². The van der Waals surface area contributed by atoms with Crippen molar-refractivity contribution in [3.63, 3.8) is 0 Å². The van der Waals surface area contributed by atoms with Crippen LogP contribution in [0.4, 0.5) is 0 Å². The van der Waals surface area contributed by atoms with Gasteiger partial charge in [-0.25, -0.2) is 0 Å². The van der Waals surface area contributed by atoms with Crippen molar-refractivity contribution in [2.45, 2.75) is 38.8 Å². The molecule has 122 valence electrons. The van der Waals surface area contributed by atoms with Crippen molar-refractivity contribution in [1.29, 1.82) is 0 Å². The lowest BCUT2D eigenvalue weighted by Gasteiger charge is -2.28. The monoisotopic (exact) mass is 306 g/mol. The van der Waals surface area contributed by atoms with Gasteiger partial charge in [-0.3, -0.25) is 4.79 Å². The molecule has 1 fully saturated rings. The first-order chi connectivity index (χ1) is 10.5. The second-order valence-corrected chi connectivity index (χ2v) is 5.95. The molecule has 1 saturated heterocycles. The Labute approximate surface area is 132 Å². The zero-order chi connectivity index (χ0) is 16.1. The highest BCUT2D eigenvalue weighted by Gasteiger charge is 2.27. The van der Waals surface area contributed by atoms with Crippen LogP contribution < -0.4 is 15.8 Å². The summed E-state index contributed by atoms with van der Waals surface area (Å²) in [7, 11) is 1.64. The third kappa shape index (κ3) is 3.99. The van der Waals surface area contributed by atoms with E-state index in [-0.39, 0.29) is 17.9 Å². The van der Waals surface area contributed by atoms with Gasteiger partial charge in [-0.15, -0.1) is 0 Å². The Morgan fingerprint density at radius 1 is 1.41 bits per heavy atom. The largest absolute Gasteiger partial charge is 0.496 e. The van der Waals surface area contributed by atoms with Gasteiger partial charge in [0.2, 0.25) is 5.91 Å². The van der Waals surface area contributed by atoms with E-state index in [1.807, 2.05) is 32.0 Å². The summed E-state index contributed by atoms with van der Waals surface area (Å²) < 4.78 is 10.7. The minimum absolute atomic E-state index is 0.108. The molecule has 5 heteroatoms. The van der Waals surface area contributed by atoms with E-state index in [1.54, 1.807) is 7.11 Å². The molecule has 0 bridgehead atoms. The minimum atomic E-state index is -0.484. The van der Waals surface area contributed by atoms with Gasteiger partial charge in [-0.05, 0) is 38.7 Å². The zero-order valence-electron chi connectivity index (χ0n) is 13.6. The number of nitrogens with two attached hydrogens (primary N) is 1. The normalized spacial score (nSPS) is 18.5. The van der Waals surface area contributed by atoms with Gasteiger partial charge in [0.15, 0.2) is 0 Å². The van der Waals surface area contributed by atoms with E-state index in [2.05, 4.69) is 5.32 Å². The number of benzene rings is 1. The molecule has 22 heavy (non-hydrogen) atoms. The number of aryl methyl sites for hydroxylation is 1. The maximum atomic E-state index is 12.4. The van der Waals surface area contributed by atoms with Crippen molar-refractivity contribution in [3.05, 3.63) is 29.3 Å². The van der Waals surface area contributed by atoms with E-state index >= 15 is 0 Å². The lowest BCUT2D eigenvalue weighted by molar-refractivity contribution is -0.125. The van der Waals surface area contributed by atoms with Crippen LogP contribution in [0.5, 0.6) is 5.75 Å². The van der Waals surface area contributed by atoms with Gasteiger partial charge in [-0.2, -0.15) is 0 Å². The molecule has 0 aromatic heterocycles. The summed E-state index contributed by atoms with van der Waals surface area (Å²) in [5.41, 5.74) is 8.22. The first-order valence-electron chi connectivity index (χ1n) is 7.81. The molecule has 2 rings (SSSR count). The average molecular weight is 306 g/mol. The number of amides is 1. The van der Waals surface area contributed by atoms with Gasteiger partial charge in [0, 0.05) is 18.8 Å². The molecule has 1 aliphatic rings. The van der Waals surface area contributed by atoms with Gasteiger partial charge in [-0.1, -0.05) is 17.7 Å². The van der Waals surface area contributed by atoms with E-state index in [9.17, 15) is 4.79 Å². The molecular formula is C17H26N2O3. The Kier molecular flexibility index (Phi) is 5.80. The molecular weight excluding hydrogens is 280 g/mol. The molecule has 1 aliphatic heterocycles. The second-order valence-electron chi connectivity index (χ2n) is 5.95. The number of nitrogens with one attached hydrogen (secondary N) is 1. The van der Waals surface area contributed by atoms with Gasteiger partial charge in [0.25, 0.3) is 0 Å². The maximum Gasteiger partial charge on any atom is 0.237 e. The first-order valence-corrected chi connectivity index (χ1v) is 7.81. The lowest BCUT2D eigenvalue weighted by Crippen LogP contribution is -2.47. The van der Waals surface area contributed by atoms with Crippen LogP contribution >= 0.6 is 0 Å². The summed E-state index contributed by atoms with van der Waals surface area (Å²) >= 11 is 0. The van der Waals surface area contributed by atoms with Crippen molar-refractivity contribution >= 4 is 5.91 Å². The Morgan fingerprint density at radius 2 is 2.09 bits per heavy atom. The number of carbonyl (C=O) groups is 1. The predicted molar refractivity (Wildman–Crippen MR) is 85.8 cm³/mol. The van der Waals surface area contributed by atoms with Crippen LogP contribution in [-0.4, -0.2) is 32.3 Å². The number of ether oxygens (including phenoxy) is 2. The van der Waals surface area contributed by atoms with Crippen molar-refractivity contribution in [3.8, 4) is 5.75 Å². The van der Waals surface area contributed by atoms with Crippen LogP contribution in [0, 0.1) is 12.8 Å². The minimum Gasteiger partial charge on any atom is -0.496 e. The quantitative estimate of drug-likeness (QED) is 0.872. The summed E-state index contributed by atoms with van der Waals surface area (Å²) in [5.74, 6) is 0.862. The van der Waals surface area contributed by atoms with Crippen molar-refractivity contribution in [2.24, 2.45) is 11.7 Å². The molecule has 1 amide bonds. The second kappa shape index (κ2) is 7.61. The van der Waals surface area contributed by atoms with Crippen LogP contribution in [0.1, 0.15) is 36.9 Å². The van der Waals surface area contributed by atoms with Gasteiger partial charge < -0.3 is 20.5 Å². The summed E-state index contributed by atoms with van der Waals surface area (Å²) in [4.78, 5) is 12.4. The number of methoxy groups -OCH3 is 1. The Hall–Kier alpha value is -1.59. The van der Waals surface area contributed by atoms with Crippen LogP contribution in [0.2, 0.25) is 0 Å². The lowest BCUT2D eigenvalue weighted by atomic mass is 9.91. The van der Waals surface area contributed by atoms with Gasteiger partial charge >= 0.3 is 0 Å². The predicted octanol–water partition coefficient (Wildman–Crippen LogP) is 1.93. The van der Waals surface area contributed by atoms with Crippen LogP contribution in [0.3, 0.4) is 0 Å². The molecule has 0 aliphatic carbocycles. The van der Waals surface area contributed by atoms with E-state index in [0.717, 1.165) is 29.7 Å². The number of rotatable bonds is 5. The Morgan fingerprint density at radius 3 is 2.73 bits per heavy atom. The SMILES string of the molecule is COc1ccc(C)cc1C(C)NC(=O)C(N)C1CCOCC1. The number of carbonyl (C=O) groups excluding carboxylic acids is 1. The molecule has 0 spiro atoms.